The van der Waals surface area contributed by atoms with Crippen molar-refractivity contribution in [3.05, 3.63) is 70.4 Å². The second kappa shape index (κ2) is 7.63. The molecule has 2 amide bonds. The zero-order valence-electron chi connectivity index (χ0n) is 14.8. The molecular weight excluding hydrogens is 368 g/mol. The molecule has 27 heavy (non-hydrogen) atoms. The van der Waals surface area contributed by atoms with Gasteiger partial charge in [-0.1, -0.05) is 29.8 Å². The van der Waals surface area contributed by atoms with Crippen molar-refractivity contribution in [2.45, 2.75) is 13.8 Å². The molecule has 0 bridgehead atoms. The summed E-state index contributed by atoms with van der Waals surface area (Å²) < 4.78 is 4.96. The second-order valence-corrected chi connectivity index (χ2v) is 6.28. The molecule has 0 aromatic heterocycles. The molecule has 1 N–H and O–H groups in total. The molecule has 0 fully saturated rings. The number of imide groups is 1. The molecular formula is C20H17ClN2O4. The number of nitrogens with one attached hydrogen (secondary N) is 1. The Balaban J connectivity index is 1.89. The predicted octanol–water partition coefficient (Wildman–Crippen LogP) is 3.61. The average Bonchev–Trinajstić information content (AvgIpc) is 2.85. The van der Waals surface area contributed by atoms with E-state index in [-0.39, 0.29) is 28.6 Å². The molecule has 0 aliphatic carbocycles. The van der Waals surface area contributed by atoms with Crippen LogP contribution in [0.1, 0.15) is 22.8 Å². The van der Waals surface area contributed by atoms with Crippen molar-refractivity contribution in [2.24, 2.45) is 0 Å². The van der Waals surface area contributed by atoms with E-state index in [1.54, 1.807) is 31.2 Å². The Kier molecular flexibility index (Phi) is 5.28. The Morgan fingerprint density at radius 3 is 2.56 bits per heavy atom. The van der Waals surface area contributed by atoms with Gasteiger partial charge in [0.2, 0.25) is 0 Å². The Bertz CT molecular complexity index is 968. The number of anilines is 2. The van der Waals surface area contributed by atoms with Gasteiger partial charge < -0.3 is 10.1 Å². The van der Waals surface area contributed by atoms with Crippen LogP contribution in [0.15, 0.2) is 59.3 Å². The van der Waals surface area contributed by atoms with Crippen LogP contribution in [0.2, 0.25) is 0 Å². The van der Waals surface area contributed by atoms with E-state index in [0.717, 1.165) is 10.5 Å². The van der Waals surface area contributed by atoms with Crippen molar-refractivity contribution in [3.63, 3.8) is 0 Å². The minimum Gasteiger partial charge on any atom is -0.462 e. The van der Waals surface area contributed by atoms with Gasteiger partial charge in [-0.05, 0) is 49.7 Å². The number of ether oxygens (including phenoxy) is 1. The summed E-state index contributed by atoms with van der Waals surface area (Å²) in [6.07, 6.45) is 0. The fourth-order valence-corrected chi connectivity index (χ4v) is 2.91. The maximum atomic E-state index is 12.8. The SMILES string of the molecule is CCOC(=O)c1cccc(N2C(=O)C(Cl)=C(Nc3cccc(C)c3)C2=O)c1. The summed E-state index contributed by atoms with van der Waals surface area (Å²) in [5.41, 5.74) is 2.12. The van der Waals surface area contributed by atoms with Crippen molar-refractivity contribution in [1.82, 2.24) is 0 Å². The summed E-state index contributed by atoms with van der Waals surface area (Å²) in [4.78, 5) is 38.2. The van der Waals surface area contributed by atoms with Crippen LogP contribution >= 0.6 is 11.6 Å². The van der Waals surface area contributed by atoms with Gasteiger partial charge >= 0.3 is 5.97 Å². The number of hydrogen-bond acceptors (Lipinski definition) is 5. The Morgan fingerprint density at radius 1 is 1.11 bits per heavy atom. The lowest BCUT2D eigenvalue weighted by Crippen LogP contribution is -2.32. The molecule has 6 nitrogen and oxygen atoms in total. The minimum absolute atomic E-state index is 0.00574. The number of benzene rings is 2. The van der Waals surface area contributed by atoms with E-state index in [0.29, 0.717) is 5.69 Å². The number of carbonyl (C=O) groups is 3. The molecule has 0 saturated heterocycles. The maximum Gasteiger partial charge on any atom is 0.338 e. The molecule has 3 rings (SSSR count). The molecule has 138 valence electrons. The highest BCUT2D eigenvalue weighted by atomic mass is 35.5. The first-order valence-corrected chi connectivity index (χ1v) is 8.69. The lowest BCUT2D eigenvalue weighted by molar-refractivity contribution is -0.120. The quantitative estimate of drug-likeness (QED) is 0.629. The summed E-state index contributed by atoms with van der Waals surface area (Å²) in [6, 6.07) is 13.4. The van der Waals surface area contributed by atoms with Crippen LogP contribution in [0.25, 0.3) is 0 Å². The molecule has 2 aromatic rings. The number of rotatable bonds is 5. The minimum atomic E-state index is -0.655. The summed E-state index contributed by atoms with van der Waals surface area (Å²) >= 11 is 6.12. The van der Waals surface area contributed by atoms with Gasteiger partial charge in [0, 0.05) is 5.69 Å². The van der Waals surface area contributed by atoms with E-state index >= 15 is 0 Å². The van der Waals surface area contributed by atoms with E-state index in [4.69, 9.17) is 16.3 Å². The molecule has 2 aromatic carbocycles. The standard InChI is InChI=1S/C20H17ClN2O4/c1-3-27-20(26)13-7-5-9-15(11-13)23-18(24)16(21)17(19(23)25)22-14-8-4-6-12(2)10-14/h4-11,22H,3H2,1-2H3. The highest BCUT2D eigenvalue weighted by Gasteiger charge is 2.39. The normalized spacial score (nSPS) is 14.0. The van der Waals surface area contributed by atoms with Gasteiger partial charge in [-0.3, -0.25) is 9.59 Å². The van der Waals surface area contributed by atoms with Crippen LogP contribution in [-0.2, 0) is 14.3 Å². The molecule has 1 heterocycles. The number of amides is 2. The Labute approximate surface area is 161 Å². The first kappa shape index (κ1) is 18.7. The zero-order valence-corrected chi connectivity index (χ0v) is 15.5. The summed E-state index contributed by atoms with van der Waals surface area (Å²) in [5.74, 6) is -1.78. The number of carbonyl (C=O) groups excluding carboxylic acids is 3. The van der Waals surface area contributed by atoms with Gasteiger partial charge in [0.15, 0.2) is 0 Å². The third-order valence-electron chi connectivity index (χ3n) is 3.93. The number of halogens is 1. The maximum absolute atomic E-state index is 12.8. The average molecular weight is 385 g/mol. The molecule has 1 aliphatic heterocycles. The molecule has 0 saturated carbocycles. The van der Waals surface area contributed by atoms with Crippen LogP contribution in [0.3, 0.4) is 0 Å². The Hall–Kier alpha value is -3.12. The summed E-state index contributed by atoms with van der Waals surface area (Å²) in [6.45, 7) is 3.83. The number of esters is 1. The first-order valence-electron chi connectivity index (χ1n) is 8.31. The highest BCUT2D eigenvalue weighted by Crippen LogP contribution is 2.30. The number of nitrogens with zero attached hydrogens (tertiary/aromatic N) is 1. The number of aryl methyl sites for hydroxylation is 1. The van der Waals surface area contributed by atoms with Gasteiger partial charge in [-0.25, -0.2) is 9.69 Å². The molecule has 7 heteroatoms. The van der Waals surface area contributed by atoms with Crippen LogP contribution in [0.5, 0.6) is 0 Å². The van der Waals surface area contributed by atoms with Crippen molar-refractivity contribution in [1.29, 1.82) is 0 Å². The van der Waals surface area contributed by atoms with Gasteiger partial charge in [0.05, 0.1) is 17.9 Å². The predicted molar refractivity (Wildman–Crippen MR) is 103 cm³/mol. The van der Waals surface area contributed by atoms with Gasteiger partial charge in [0.1, 0.15) is 10.7 Å². The van der Waals surface area contributed by atoms with Gasteiger partial charge in [-0.2, -0.15) is 0 Å². The Morgan fingerprint density at radius 2 is 1.85 bits per heavy atom. The smallest absolute Gasteiger partial charge is 0.338 e. The molecule has 0 spiro atoms. The third-order valence-corrected chi connectivity index (χ3v) is 4.28. The van der Waals surface area contributed by atoms with Crippen molar-refractivity contribution >= 4 is 40.8 Å². The zero-order chi connectivity index (χ0) is 19.6. The van der Waals surface area contributed by atoms with Crippen LogP contribution in [0, 0.1) is 6.92 Å². The number of hydrogen-bond donors (Lipinski definition) is 1. The molecule has 0 atom stereocenters. The van der Waals surface area contributed by atoms with Crippen molar-refractivity contribution in [2.75, 3.05) is 16.8 Å². The lowest BCUT2D eigenvalue weighted by atomic mass is 10.2. The highest BCUT2D eigenvalue weighted by molar-refractivity contribution is 6.53. The monoisotopic (exact) mass is 384 g/mol. The molecule has 0 unspecified atom stereocenters. The summed E-state index contributed by atoms with van der Waals surface area (Å²) in [5, 5.41) is 2.71. The van der Waals surface area contributed by atoms with Crippen LogP contribution in [0.4, 0.5) is 11.4 Å². The molecule has 1 aliphatic rings. The fourth-order valence-electron chi connectivity index (χ4n) is 2.70. The van der Waals surface area contributed by atoms with Crippen molar-refractivity contribution < 1.29 is 19.1 Å². The van der Waals surface area contributed by atoms with Gasteiger partial charge in [-0.15, -0.1) is 0 Å². The van der Waals surface area contributed by atoms with Gasteiger partial charge in [0.25, 0.3) is 11.8 Å². The van der Waals surface area contributed by atoms with E-state index in [2.05, 4.69) is 5.32 Å². The van der Waals surface area contributed by atoms with E-state index < -0.39 is 17.8 Å². The van der Waals surface area contributed by atoms with Crippen molar-refractivity contribution in [3.8, 4) is 0 Å². The largest absolute Gasteiger partial charge is 0.462 e. The third kappa shape index (κ3) is 3.71. The first-order chi connectivity index (χ1) is 12.9. The summed E-state index contributed by atoms with van der Waals surface area (Å²) in [7, 11) is 0. The van der Waals surface area contributed by atoms with E-state index in [1.165, 1.54) is 6.07 Å². The lowest BCUT2D eigenvalue weighted by Gasteiger charge is -2.16. The van der Waals surface area contributed by atoms with Crippen LogP contribution < -0.4 is 10.2 Å². The molecule has 0 radical (unpaired) electrons. The van der Waals surface area contributed by atoms with E-state index in [1.807, 2.05) is 25.1 Å². The van der Waals surface area contributed by atoms with E-state index in [9.17, 15) is 14.4 Å². The second-order valence-electron chi connectivity index (χ2n) is 5.90. The topological polar surface area (TPSA) is 75.7 Å². The van der Waals surface area contributed by atoms with Crippen LogP contribution in [-0.4, -0.2) is 24.4 Å². The fraction of sp³-hybridized carbons (Fsp3) is 0.150.